The van der Waals surface area contributed by atoms with Crippen molar-refractivity contribution in [3.63, 3.8) is 0 Å². The molecule has 0 spiro atoms. The van der Waals surface area contributed by atoms with Gasteiger partial charge in [0.25, 0.3) is 0 Å². The van der Waals surface area contributed by atoms with Gasteiger partial charge in [-0.15, -0.1) is 11.3 Å². The Morgan fingerprint density at radius 3 is 2.43 bits per heavy atom. The highest BCUT2D eigenvalue weighted by atomic mass is 32.2. The third-order valence-electron chi connectivity index (χ3n) is 3.39. The summed E-state index contributed by atoms with van der Waals surface area (Å²) in [4.78, 5) is 12.7. The molecule has 0 aliphatic heterocycles. The maximum absolute atomic E-state index is 12.2. The van der Waals surface area contributed by atoms with Crippen molar-refractivity contribution in [1.82, 2.24) is 4.72 Å². The van der Waals surface area contributed by atoms with Gasteiger partial charge in [-0.1, -0.05) is 13.8 Å². The van der Waals surface area contributed by atoms with Crippen LogP contribution in [-0.4, -0.2) is 26.0 Å². The minimum Gasteiger partial charge on any atom is -0.481 e. The zero-order valence-electron chi connectivity index (χ0n) is 12.9. The molecule has 0 unspecified atom stereocenters. The predicted molar refractivity (Wildman–Crippen MR) is 84.2 cm³/mol. The van der Waals surface area contributed by atoms with Crippen LogP contribution in [0.5, 0.6) is 0 Å². The van der Waals surface area contributed by atoms with E-state index in [9.17, 15) is 13.2 Å². The summed E-state index contributed by atoms with van der Waals surface area (Å²) in [6.07, 6.45) is 1.23. The van der Waals surface area contributed by atoms with Crippen LogP contribution in [0.15, 0.2) is 11.0 Å². The first-order valence-electron chi connectivity index (χ1n) is 6.82. The van der Waals surface area contributed by atoms with Gasteiger partial charge in [0.1, 0.15) is 0 Å². The van der Waals surface area contributed by atoms with Crippen molar-refractivity contribution in [2.75, 3.05) is 6.54 Å². The first kappa shape index (κ1) is 18.1. The van der Waals surface area contributed by atoms with Crippen molar-refractivity contribution in [2.45, 2.75) is 51.9 Å². The van der Waals surface area contributed by atoms with Crippen LogP contribution in [0.1, 0.15) is 42.9 Å². The molecular formula is C14H23NO4S2. The number of aryl methyl sites for hydroxylation is 2. The van der Waals surface area contributed by atoms with Gasteiger partial charge in [-0.3, -0.25) is 4.79 Å². The molecule has 0 bridgehead atoms. The van der Waals surface area contributed by atoms with Gasteiger partial charge in [0, 0.05) is 22.7 Å². The van der Waals surface area contributed by atoms with E-state index in [1.807, 2.05) is 20.8 Å². The fourth-order valence-electron chi connectivity index (χ4n) is 2.05. The normalized spacial score (nSPS) is 12.6. The van der Waals surface area contributed by atoms with Crippen LogP contribution in [0, 0.1) is 19.3 Å². The Kier molecular flexibility index (Phi) is 5.95. The van der Waals surface area contributed by atoms with Crippen molar-refractivity contribution in [2.24, 2.45) is 5.41 Å². The molecule has 0 saturated carbocycles. The molecule has 0 amide bonds. The second kappa shape index (κ2) is 6.89. The number of nitrogens with one attached hydrogen (secondary N) is 1. The number of sulfonamides is 1. The molecule has 120 valence electrons. The molecule has 0 fully saturated rings. The molecular weight excluding hydrogens is 310 g/mol. The summed E-state index contributed by atoms with van der Waals surface area (Å²) in [5.41, 5.74) is -0.208. The monoisotopic (exact) mass is 333 g/mol. The summed E-state index contributed by atoms with van der Waals surface area (Å²) >= 11 is 1.46. The van der Waals surface area contributed by atoms with Crippen LogP contribution < -0.4 is 4.72 Å². The van der Waals surface area contributed by atoms with Crippen molar-refractivity contribution in [3.8, 4) is 0 Å². The molecule has 0 aliphatic rings. The number of carboxylic acid groups (broad SMARTS) is 1. The smallest absolute Gasteiger partial charge is 0.303 e. The zero-order valence-corrected chi connectivity index (χ0v) is 14.5. The second-order valence-corrected chi connectivity index (χ2v) is 9.18. The Morgan fingerprint density at radius 2 is 1.95 bits per heavy atom. The molecule has 0 aliphatic carbocycles. The number of rotatable bonds is 8. The molecule has 0 aromatic carbocycles. The molecule has 2 N–H and O–H groups in total. The molecule has 1 aromatic rings. The fraction of sp³-hybridized carbons (Fsp3) is 0.643. The SMILES string of the molecule is Cc1cc(S(=O)(=O)NCCC(C)(C)CCC(=O)O)c(C)s1. The minimum absolute atomic E-state index is 0.0998. The van der Waals surface area contributed by atoms with E-state index in [0.29, 0.717) is 24.3 Å². The standard InChI is InChI=1S/C14H23NO4S2/c1-10-9-12(11(2)20-10)21(18,19)15-8-7-14(3,4)6-5-13(16)17/h9,15H,5-8H2,1-4H3,(H,16,17). The number of carbonyl (C=O) groups is 1. The van der Waals surface area contributed by atoms with Gasteiger partial charge >= 0.3 is 5.97 Å². The maximum atomic E-state index is 12.2. The van der Waals surface area contributed by atoms with Crippen LogP contribution in [-0.2, 0) is 14.8 Å². The summed E-state index contributed by atoms with van der Waals surface area (Å²) in [5.74, 6) is -0.826. The number of carboxylic acids is 1. The van der Waals surface area contributed by atoms with E-state index in [1.165, 1.54) is 11.3 Å². The Hall–Kier alpha value is -0.920. The van der Waals surface area contributed by atoms with Crippen molar-refractivity contribution < 1.29 is 18.3 Å². The lowest BCUT2D eigenvalue weighted by Crippen LogP contribution is -2.28. The maximum Gasteiger partial charge on any atom is 0.303 e. The zero-order chi connectivity index (χ0) is 16.3. The molecule has 7 heteroatoms. The Labute approximate surface area is 130 Å². The van der Waals surface area contributed by atoms with Gasteiger partial charge in [0.15, 0.2) is 0 Å². The lowest BCUT2D eigenvalue weighted by atomic mass is 9.84. The van der Waals surface area contributed by atoms with Crippen LogP contribution in [0.2, 0.25) is 0 Å². The summed E-state index contributed by atoms with van der Waals surface area (Å²) in [7, 11) is -3.48. The van der Waals surface area contributed by atoms with Crippen molar-refractivity contribution in [1.29, 1.82) is 0 Å². The molecule has 1 rings (SSSR count). The topological polar surface area (TPSA) is 83.5 Å². The average molecular weight is 333 g/mol. The third-order valence-corrected chi connectivity index (χ3v) is 6.08. The van der Waals surface area contributed by atoms with Crippen molar-refractivity contribution >= 4 is 27.3 Å². The molecule has 1 heterocycles. The van der Waals surface area contributed by atoms with Crippen molar-refractivity contribution in [3.05, 3.63) is 15.8 Å². The average Bonchev–Trinajstić information content (AvgIpc) is 2.66. The molecule has 0 atom stereocenters. The number of hydrogen-bond donors (Lipinski definition) is 2. The van der Waals surface area contributed by atoms with Crippen LogP contribution >= 0.6 is 11.3 Å². The van der Waals surface area contributed by atoms with E-state index in [2.05, 4.69) is 4.72 Å². The van der Waals surface area contributed by atoms with Gasteiger partial charge in [-0.25, -0.2) is 13.1 Å². The van der Waals surface area contributed by atoms with Gasteiger partial charge in [0.05, 0.1) is 4.90 Å². The number of hydrogen-bond acceptors (Lipinski definition) is 4. The van der Waals surface area contributed by atoms with Crippen LogP contribution in [0.4, 0.5) is 0 Å². The Morgan fingerprint density at radius 1 is 1.33 bits per heavy atom. The van der Waals surface area contributed by atoms with E-state index < -0.39 is 16.0 Å². The molecule has 0 saturated heterocycles. The van der Waals surface area contributed by atoms with Crippen LogP contribution in [0.25, 0.3) is 0 Å². The molecule has 5 nitrogen and oxygen atoms in total. The van der Waals surface area contributed by atoms with Gasteiger partial charge < -0.3 is 5.11 Å². The molecule has 1 aromatic heterocycles. The van der Waals surface area contributed by atoms with E-state index >= 15 is 0 Å². The quantitative estimate of drug-likeness (QED) is 0.766. The molecule has 21 heavy (non-hydrogen) atoms. The first-order valence-corrected chi connectivity index (χ1v) is 9.12. The molecule has 0 radical (unpaired) electrons. The van der Waals surface area contributed by atoms with E-state index in [1.54, 1.807) is 13.0 Å². The lowest BCUT2D eigenvalue weighted by molar-refractivity contribution is -0.137. The van der Waals surface area contributed by atoms with Gasteiger partial charge in [-0.2, -0.15) is 0 Å². The van der Waals surface area contributed by atoms with E-state index in [4.69, 9.17) is 5.11 Å². The number of thiophene rings is 1. The second-order valence-electron chi connectivity index (χ2n) is 5.98. The summed E-state index contributed by atoms with van der Waals surface area (Å²) < 4.78 is 27.0. The van der Waals surface area contributed by atoms with E-state index in [0.717, 1.165) is 9.75 Å². The first-order chi connectivity index (χ1) is 9.53. The van der Waals surface area contributed by atoms with Crippen LogP contribution in [0.3, 0.4) is 0 Å². The summed E-state index contributed by atoms with van der Waals surface area (Å²) in [6, 6.07) is 1.68. The highest BCUT2D eigenvalue weighted by molar-refractivity contribution is 7.89. The predicted octanol–water partition coefficient (Wildman–Crippen LogP) is 2.92. The Bertz CT molecular complexity index is 602. The highest BCUT2D eigenvalue weighted by Gasteiger charge is 2.22. The summed E-state index contributed by atoms with van der Waals surface area (Å²) in [5, 5.41) is 8.70. The summed E-state index contributed by atoms with van der Waals surface area (Å²) in [6.45, 7) is 7.88. The Balaban J connectivity index is 2.58. The lowest BCUT2D eigenvalue weighted by Gasteiger charge is -2.23. The highest BCUT2D eigenvalue weighted by Crippen LogP contribution is 2.27. The minimum atomic E-state index is -3.48. The third kappa shape index (κ3) is 5.76. The van der Waals surface area contributed by atoms with Gasteiger partial charge in [-0.05, 0) is 38.2 Å². The van der Waals surface area contributed by atoms with Gasteiger partial charge in [0.2, 0.25) is 10.0 Å². The number of aliphatic carboxylic acids is 1. The fourth-order valence-corrected chi connectivity index (χ4v) is 4.63. The van der Waals surface area contributed by atoms with E-state index in [-0.39, 0.29) is 11.8 Å². The largest absolute Gasteiger partial charge is 0.481 e.